The second kappa shape index (κ2) is 7.77. The molecular weight excluding hydrogens is 436 g/mol. The van der Waals surface area contributed by atoms with Gasteiger partial charge in [0.05, 0.1) is 17.3 Å². The molecule has 3 rings (SSSR count). The summed E-state index contributed by atoms with van der Waals surface area (Å²) in [6.45, 7) is 4.14. The van der Waals surface area contributed by atoms with E-state index < -0.39 is 10.0 Å². The summed E-state index contributed by atoms with van der Waals surface area (Å²) in [5.41, 5.74) is 2.30. The molecule has 1 N–H and O–H groups in total. The predicted octanol–water partition coefficient (Wildman–Crippen LogP) is 5.08. The molecule has 2 aromatic carbocycles. The molecule has 3 aromatic rings. The molecule has 0 bridgehead atoms. The monoisotopic (exact) mass is 452 g/mol. The van der Waals surface area contributed by atoms with Crippen LogP contribution >= 0.6 is 27.3 Å². The lowest BCUT2D eigenvalue weighted by Gasteiger charge is -2.13. The van der Waals surface area contributed by atoms with Crippen molar-refractivity contribution in [2.45, 2.75) is 18.7 Å². The summed E-state index contributed by atoms with van der Waals surface area (Å²) in [7, 11) is -3.78. The van der Waals surface area contributed by atoms with Crippen molar-refractivity contribution in [3.05, 3.63) is 57.3 Å². The van der Waals surface area contributed by atoms with Crippen molar-refractivity contribution in [1.29, 1.82) is 0 Å². The average Bonchev–Trinajstić information content (AvgIpc) is 3.03. The van der Waals surface area contributed by atoms with Crippen LogP contribution in [0.4, 0.5) is 5.69 Å². The highest BCUT2D eigenvalue weighted by molar-refractivity contribution is 9.10. The van der Waals surface area contributed by atoms with Gasteiger partial charge in [-0.3, -0.25) is 4.72 Å². The molecule has 5 nitrogen and oxygen atoms in total. The quantitative estimate of drug-likeness (QED) is 0.565. The van der Waals surface area contributed by atoms with E-state index >= 15 is 0 Å². The van der Waals surface area contributed by atoms with E-state index in [0.717, 1.165) is 16.3 Å². The lowest BCUT2D eigenvalue weighted by molar-refractivity contribution is 0.331. The Morgan fingerprint density at radius 2 is 1.92 bits per heavy atom. The maximum atomic E-state index is 12.8. The summed E-state index contributed by atoms with van der Waals surface area (Å²) in [6.07, 6.45) is 0. The highest BCUT2D eigenvalue weighted by Crippen LogP contribution is 2.30. The summed E-state index contributed by atoms with van der Waals surface area (Å²) in [5.74, 6) is 0.317. The molecule has 0 saturated heterocycles. The van der Waals surface area contributed by atoms with Crippen LogP contribution in [0.2, 0.25) is 0 Å². The van der Waals surface area contributed by atoms with E-state index in [1.807, 2.05) is 31.4 Å². The second-order valence-electron chi connectivity index (χ2n) is 5.46. The largest absolute Gasteiger partial charge is 0.492 e. The third-order valence-electron chi connectivity index (χ3n) is 3.55. The molecule has 0 aliphatic carbocycles. The molecule has 0 atom stereocenters. The highest BCUT2D eigenvalue weighted by Gasteiger charge is 2.20. The van der Waals surface area contributed by atoms with Crippen LogP contribution in [0.3, 0.4) is 0 Å². The smallest absolute Gasteiger partial charge is 0.265 e. The molecule has 0 aliphatic heterocycles. The number of benzene rings is 2. The number of hydrogen-bond acceptors (Lipinski definition) is 5. The Labute approximate surface area is 165 Å². The Balaban J connectivity index is 1.87. The zero-order chi connectivity index (χ0) is 18.7. The van der Waals surface area contributed by atoms with Gasteiger partial charge in [0.15, 0.2) is 0 Å². The Bertz CT molecular complexity index is 1020. The van der Waals surface area contributed by atoms with Gasteiger partial charge < -0.3 is 4.74 Å². The lowest BCUT2D eigenvalue weighted by atomic mass is 10.1. The number of halogens is 1. The number of ether oxygens (including phenoxy) is 1. The van der Waals surface area contributed by atoms with Gasteiger partial charge >= 0.3 is 0 Å². The maximum absolute atomic E-state index is 12.8. The van der Waals surface area contributed by atoms with Crippen molar-refractivity contribution in [2.24, 2.45) is 0 Å². The van der Waals surface area contributed by atoms with Gasteiger partial charge in [0.25, 0.3) is 10.0 Å². The first-order valence-electron chi connectivity index (χ1n) is 7.87. The van der Waals surface area contributed by atoms with E-state index in [1.165, 1.54) is 6.07 Å². The van der Waals surface area contributed by atoms with Gasteiger partial charge in [-0.2, -0.15) is 0 Å². The molecule has 0 radical (unpaired) electrons. The standard InChI is InChI=1S/C18H17BrN2O3S2/c1-3-24-17-9-6-14(19)10-18(17)26(22,23)21-15-7-4-13(5-8-15)16-11-25-12(2)20-16/h4-11,21H,3H2,1-2H3. The van der Waals surface area contributed by atoms with Crippen molar-refractivity contribution in [1.82, 2.24) is 4.98 Å². The first kappa shape index (κ1) is 18.9. The van der Waals surface area contributed by atoms with Crippen LogP contribution in [0.15, 0.2) is 57.2 Å². The minimum absolute atomic E-state index is 0.0907. The number of hydrogen-bond donors (Lipinski definition) is 1. The zero-order valence-electron chi connectivity index (χ0n) is 14.2. The maximum Gasteiger partial charge on any atom is 0.265 e. The zero-order valence-corrected chi connectivity index (χ0v) is 17.4. The first-order chi connectivity index (χ1) is 12.4. The number of nitrogens with zero attached hydrogens (tertiary/aromatic N) is 1. The topological polar surface area (TPSA) is 68.3 Å². The number of sulfonamides is 1. The van der Waals surface area contributed by atoms with Crippen molar-refractivity contribution in [2.75, 3.05) is 11.3 Å². The normalized spacial score (nSPS) is 11.3. The Kier molecular flexibility index (Phi) is 5.64. The third-order valence-corrected chi connectivity index (χ3v) is 6.22. The van der Waals surface area contributed by atoms with Gasteiger partial charge in [0, 0.05) is 21.1 Å². The molecule has 8 heteroatoms. The SMILES string of the molecule is CCOc1ccc(Br)cc1S(=O)(=O)Nc1ccc(-c2csc(C)n2)cc1. The van der Waals surface area contributed by atoms with Crippen LogP contribution in [0, 0.1) is 6.92 Å². The van der Waals surface area contributed by atoms with Crippen molar-refractivity contribution in [3.8, 4) is 17.0 Å². The van der Waals surface area contributed by atoms with E-state index in [-0.39, 0.29) is 4.90 Å². The molecule has 136 valence electrons. The Morgan fingerprint density at radius 3 is 2.54 bits per heavy atom. The summed E-state index contributed by atoms with van der Waals surface area (Å²) in [5, 5.41) is 2.97. The van der Waals surface area contributed by atoms with Gasteiger partial charge in [-0.05, 0) is 44.2 Å². The summed E-state index contributed by atoms with van der Waals surface area (Å²) >= 11 is 4.89. The molecule has 0 spiro atoms. The summed E-state index contributed by atoms with van der Waals surface area (Å²) in [4.78, 5) is 4.52. The fourth-order valence-corrected chi connectivity index (χ4v) is 4.75. The second-order valence-corrected chi connectivity index (χ2v) is 9.09. The highest BCUT2D eigenvalue weighted by atomic mass is 79.9. The van der Waals surface area contributed by atoms with E-state index in [9.17, 15) is 8.42 Å². The van der Waals surface area contributed by atoms with E-state index in [0.29, 0.717) is 22.5 Å². The van der Waals surface area contributed by atoms with E-state index in [4.69, 9.17) is 4.74 Å². The van der Waals surface area contributed by atoms with Crippen LogP contribution < -0.4 is 9.46 Å². The summed E-state index contributed by atoms with van der Waals surface area (Å²) in [6, 6.07) is 12.0. The average molecular weight is 453 g/mol. The summed E-state index contributed by atoms with van der Waals surface area (Å²) < 4.78 is 34.3. The van der Waals surface area contributed by atoms with Gasteiger partial charge in [-0.15, -0.1) is 11.3 Å². The fraction of sp³-hybridized carbons (Fsp3) is 0.167. The number of anilines is 1. The molecule has 0 saturated carbocycles. The van der Waals surface area contributed by atoms with Gasteiger partial charge in [0.1, 0.15) is 10.6 Å². The van der Waals surface area contributed by atoms with Gasteiger partial charge in [0.2, 0.25) is 0 Å². The minimum atomic E-state index is -3.78. The fourth-order valence-electron chi connectivity index (χ4n) is 2.38. The Hall–Kier alpha value is -1.90. The molecule has 0 aliphatic rings. The third kappa shape index (κ3) is 4.25. The Morgan fingerprint density at radius 1 is 1.19 bits per heavy atom. The van der Waals surface area contributed by atoms with Crippen molar-refractivity contribution >= 4 is 43.0 Å². The van der Waals surface area contributed by atoms with Crippen LogP contribution in [-0.4, -0.2) is 20.0 Å². The number of nitrogens with one attached hydrogen (secondary N) is 1. The lowest BCUT2D eigenvalue weighted by Crippen LogP contribution is -2.14. The van der Waals surface area contributed by atoms with Crippen LogP contribution in [-0.2, 0) is 10.0 Å². The van der Waals surface area contributed by atoms with Crippen LogP contribution in [0.25, 0.3) is 11.3 Å². The predicted molar refractivity (Wildman–Crippen MR) is 108 cm³/mol. The van der Waals surface area contributed by atoms with Gasteiger partial charge in [-0.1, -0.05) is 28.1 Å². The van der Waals surface area contributed by atoms with E-state index in [2.05, 4.69) is 25.6 Å². The molecule has 0 amide bonds. The number of aryl methyl sites for hydroxylation is 1. The van der Waals surface area contributed by atoms with Crippen molar-refractivity contribution < 1.29 is 13.2 Å². The molecule has 0 fully saturated rings. The molecule has 0 unspecified atom stereocenters. The van der Waals surface area contributed by atoms with Crippen LogP contribution in [0.5, 0.6) is 5.75 Å². The molecule has 1 heterocycles. The van der Waals surface area contributed by atoms with Crippen molar-refractivity contribution in [3.63, 3.8) is 0 Å². The first-order valence-corrected chi connectivity index (χ1v) is 11.0. The van der Waals surface area contributed by atoms with Gasteiger partial charge in [-0.25, -0.2) is 13.4 Å². The number of rotatable bonds is 6. The minimum Gasteiger partial charge on any atom is -0.492 e. The molecule has 1 aromatic heterocycles. The van der Waals surface area contributed by atoms with Crippen LogP contribution in [0.1, 0.15) is 11.9 Å². The number of aromatic nitrogens is 1. The molecular formula is C18H17BrN2O3S2. The van der Waals surface area contributed by atoms with E-state index in [1.54, 1.807) is 35.6 Å². The number of thiazole rings is 1. The molecule has 26 heavy (non-hydrogen) atoms.